The smallest absolute Gasteiger partial charge is 0.168 e. The zero-order valence-corrected chi connectivity index (χ0v) is 7.08. The number of aldehydes is 1. The van der Waals surface area contributed by atoms with Gasteiger partial charge in [0, 0.05) is 18.1 Å². The first-order valence-corrected chi connectivity index (χ1v) is 3.68. The molecule has 0 aliphatic carbocycles. The van der Waals surface area contributed by atoms with Gasteiger partial charge in [-0.1, -0.05) is 0 Å². The van der Waals surface area contributed by atoms with Crippen molar-refractivity contribution in [2.45, 2.75) is 6.42 Å². The SMILES string of the molecule is COc1cc(CC=O)c(O)cc1F. The molecule has 0 fully saturated rings. The highest BCUT2D eigenvalue weighted by atomic mass is 19.1. The van der Waals surface area contributed by atoms with Crippen molar-refractivity contribution in [2.24, 2.45) is 0 Å². The Bertz CT molecular complexity index is 323. The Morgan fingerprint density at radius 3 is 2.85 bits per heavy atom. The van der Waals surface area contributed by atoms with Crippen LogP contribution in [0.2, 0.25) is 0 Å². The summed E-state index contributed by atoms with van der Waals surface area (Å²) in [7, 11) is 1.32. The first-order chi connectivity index (χ1) is 6.19. The van der Waals surface area contributed by atoms with E-state index in [9.17, 15) is 14.3 Å². The molecule has 70 valence electrons. The normalized spacial score (nSPS) is 9.69. The van der Waals surface area contributed by atoms with Crippen molar-refractivity contribution in [1.29, 1.82) is 0 Å². The van der Waals surface area contributed by atoms with E-state index in [0.717, 1.165) is 6.07 Å². The van der Waals surface area contributed by atoms with E-state index in [1.807, 2.05) is 0 Å². The van der Waals surface area contributed by atoms with E-state index in [2.05, 4.69) is 4.74 Å². The van der Waals surface area contributed by atoms with Crippen LogP contribution >= 0.6 is 0 Å². The molecule has 0 amide bonds. The summed E-state index contributed by atoms with van der Waals surface area (Å²) in [6, 6.07) is 2.23. The van der Waals surface area contributed by atoms with Gasteiger partial charge in [0.1, 0.15) is 12.0 Å². The number of rotatable bonds is 3. The predicted octanol–water partition coefficient (Wildman–Crippen LogP) is 1.28. The second-order valence-corrected chi connectivity index (χ2v) is 2.49. The fourth-order valence-electron chi connectivity index (χ4n) is 0.995. The fourth-order valence-corrected chi connectivity index (χ4v) is 0.995. The topological polar surface area (TPSA) is 46.5 Å². The molecule has 1 N–H and O–H groups in total. The largest absolute Gasteiger partial charge is 0.508 e. The minimum atomic E-state index is -0.644. The predicted molar refractivity (Wildman–Crippen MR) is 44.4 cm³/mol. The second kappa shape index (κ2) is 3.89. The minimum Gasteiger partial charge on any atom is -0.508 e. The summed E-state index contributed by atoms with van der Waals surface area (Å²) < 4.78 is 17.6. The highest BCUT2D eigenvalue weighted by Crippen LogP contribution is 2.26. The van der Waals surface area contributed by atoms with Crippen LogP contribution < -0.4 is 4.74 Å². The molecule has 1 aromatic rings. The Balaban J connectivity index is 3.13. The lowest BCUT2D eigenvalue weighted by molar-refractivity contribution is -0.107. The summed E-state index contributed by atoms with van der Waals surface area (Å²) >= 11 is 0. The van der Waals surface area contributed by atoms with Crippen LogP contribution in [0.1, 0.15) is 5.56 Å². The summed E-state index contributed by atoms with van der Waals surface area (Å²) in [5.41, 5.74) is 0.355. The van der Waals surface area contributed by atoms with E-state index < -0.39 is 5.82 Å². The highest BCUT2D eigenvalue weighted by molar-refractivity contribution is 5.58. The number of aromatic hydroxyl groups is 1. The Morgan fingerprint density at radius 1 is 1.62 bits per heavy atom. The van der Waals surface area contributed by atoms with Crippen molar-refractivity contribution in [3.63, 3.8) is 0 Å². The lowest BCUT2D eigenvalue weighted by Crippen LogP contribution is -1.93. The summed E-state index contributed by atoms with van der Waals surface area (Å²) in [6.45, 7) is 0. The van der Waals surface area contributed by atoms with Crippen molar-refractivity contribution in [1.82, 2.24) is 0 Å². The van der Waals surface area contributed by atoms with Crippen LogP contribution in [0.3, 0.4) is 0 Å². The van der Waals surface area contributed by atoms with E-state index >= 15 is 0 Å². The molecule has 3 nitrogen and oxygen atoms in total. The number of halogens is 1. The molecule has 0 atom stereocenters. The maximum Gasteiger partial charge on any atom is 0.168 e. The number of phenolic OH excluding ortho intramolecular Hbond substituents is 1. The van der Waals surface area contributed by atoms with E-state index in [4.69, 9.17) is 0 Å². The van der Waals surface area contributed by atoms with Crippen LogP contribution in [0.15, 0.2) is 12.1 Å². The van der Waals surface area contributed by atoms with Crippen LogP contribution in [0.4, 0.5) is 4.39 Å². The van der Waals surface area contributed by atoms with Gasteiger partial charge in [-0.2, -0.15) is 0 Å². The molecule has 13 heavy (non-hydrogen) atoms. The van der Waals surface area contributed by atoms with Gasteiger partial charge in [0.05, 0.1) is 7.11 Å². The molecule has 0 bridgehead atoms. The van der Waals surface area contributed by atoms with Crippen LogP contribution in [-0.2, 0) is 11.2 Å². The number of ether oxygens (including phenoxy) is 1. The first kappa shape index (κ1) is 9.51. The average molecular weight is 184 g/mol. The lowest BCUT2D eigenvalue weighted by atomic mass is 10.1. The average Bonchev–Trinajstić information content (AvgIpc) is 2.10. The molecule has 0 aliphatic heterocycles. The lowest BCUT2D eigenvalue weighted by Gasteiger charge is -2.05. The zero-order chi connectivity index (χ0) is 9.84. The van der Waals surface area contributed by atoms with Crippen molar-refractivity contribution in [3.8, 4) is 11.5 Å². The molecule has 0 heterocycles. The monoisotopic (exact) mass is 184 g/mol. The van der Waals surface area contributed by atoms with Gasteiger partial charge in [0.25, 0.3) is 0 Å². The molecule has 1 aromatic carbocycles. The summed E-state index contributed by atoms with van der Waals surface area (Å²) in [5, 5.41) is 9.19. The van der Waals surface area contributed by atoms with Crippen LogP contribution in [0.5, 0.6) is 11.5 Å². The molecule has 0 aliphatic rings. The number of methoxy groups -OCH3 is 1. The number of benzene rings is 1. The Hall–Kier alpha value is -1.58. The fraction of sp³-hybridized carbons (Fsp3) is 0.222. The van der Waals surface area contributed by atoms with Gasteiger partial charge in [-0.25, -0.2) is 4.39 Å². The molecule has 1 rings (SSSR count). The molecule has 0 unspecified atom stereocenters. The number of hydrogen-bond donors (Lipinski definition) is 1. The number of carbonyl (C=O) groups is 1. The molecule has 4 heteroatoms. The maximum absolute atomic E-state index is 12.9. The molecular weight excluding hydrogens is 175 g/mol. The van der Waals surface area contributed by atoms with E-state index in [1.54, 1.807) is 0 Å². The van der Waals surface area contributed by atoms with Gasteiger partial charge in [0.15, 0.2) is 11.6 Å². The van der Waals surface area contributed by atoms with Gasteiger partial charge >= 0.3 is 0 Å². The van der Waals surface area contributed by atoms with Gasteiger partial charge in [-0.05, 0) is 6.07 Å². The van der Waals surface area contributed by atoms with E-state index in [-0.39, 0.29) is 17.9 Å². The number of carbonyl (C=O) groups excluding carboxylic acids is 1. The quantitative estimate of drug-likeness (QED) is 0.720. The molecule has 0 radical (unpaired) electrons. The molecule has 0 saturated heterocycles. The number of phenols is 1. The van der Waals surface area contributed by atoms with Crippen molar-refractivity contribution >= 4 is 6.29 Å². The highest BCUT2D eigenvalue weighted by Gasteiger charge is 2.08. The van der Waals surface area contributed by atoms with Gasteiger partial charge in [0.2, 0.25) is 0 Å². The van der Waals surface area contributed by atoms with Crippen LogP contribution in [-0.4, -0.2) is 18.5 Å². The number of hydrogen-bond acceptors (Lipinski definition) is 3. The van der Waals surface area contributed by atoms with Gasteiger partial charge in [-0.15, -0.1) is 0 Å². The first-order valence-electron chi connectivity index (χ1n) is 3.68. The van der Waals surface area contributed by atoms with Crippen molar-refractivity contribution < 1.29 is 19.0 Å². The standard InChI is InChI=1S/C9H9FO3/c1-13-9-4-6(2-3-11)8(12)5-7(9)10/h3-5,12H,2H2,1H3. The van der Waals surface area contributed by atoms with Crippen molar-refractivity contribution in [2.75, 3.05) is 7.11 Å². The second-order valence-electron chi connectivity index (χ2n) is 2.49. The molecule has 0 spiro atoms. The van der Waals surface area contributed by atoms with Crippen LogP contribution in [0.25, 0.3) is 0 Å². The van der Waals surface area contributed by atoms with Crippen molar-refractivity contribution in [3.05, 3.63) is 23.5 Å². The maximum atomic E-state index is 12.9. The summed E-state index contributed by atoms with van der Waals surface area (Å²) in [5.74, 6) is -0.852. The third kappa shape index (κ3) is 1.96. The van der Waals surface area contributed by atoms with E-state index in [1.165, 1.54) is 13.2 Å². The minimum absolute atomic E-state index is 0.0228. The molecule has 0 saturated carbocycles. The Kier molecular flexibility index (Phi) is 2.84. The zero-order valence-electron chi connectivity index (χ0n) is 7.08. The van der Waals surface area contributed by atoms with Crippen LogP contribution in [0, 0.1) is 5.82 Å². The van der Waals surface area contributed by atoms with E-state index in [0.29, 0.717) is 11.8 Å². The molecule has 0 aromatic heterocycles. The Morgan fingerprint density at radius 2 is 2.31 bits per heavy atom. The Labute approximate surface area is 74.8 Å². The van der Waals surface area contributed by atoms with Gasteiger partial charge < -0.3 is 14.6 Å². The summed E-state index contributed by atoms with van der Waals surface area (Å²) in [4.78, 5) is 10.2. The summed E-state index contributed by atoms with van der Waals surface area (Å²) in [6.07, 6.45) is 0.675. The third-order valence-electron chi connectivity index (χ3n) is 1.66. The third-order valence-corrected chi connectivity index (χ3v) is 1.66. The molecular formula is C9H9FO3. The van der Waals surface area contributed by atoms with Gasteiger partial charge in [-0.3, -0.25) is 0 Å².